The zero-order chi connectivity index (χ0) is 20.3. The second kappa shape index (κ2) is 17.2. The Bertz CT molecular complexity index is 520. The van der Waals surface area contributed by atoms with Gasteiger partial charge < -0.3 is 0 Å². The van der Waals surface area contributed by atoms with Gasteiger partial charge in [0.1, 0.15) is 0 Å². The zero-order valence-corrected chi connectivity index (χ0v) is 17.7. The van der Waals surface area contributed by atoms with Crippen LogP contribution in [0.2, 0.25) is 0 Å². The average Bonchev–Trinajstić information content (AvgIpc) is 2.73. The first kappa shape index (κ1) is 24.1. The molecule has 1 aromatic heterocycles. The molecule has 0 saturated heterocycles. The number of hydrogen-bond acceptors (Lipinski definition) is 3. The van der Waals surface area contributed by atoms with Gasteiger partial charge >= 0.3 is 0 Å². The Balaban J connectivity index is 1.84. The fraction of sp³-hybridized carbons (Fsp3) is 0.696. The minimum absolute atomic E-state index is 0.138. The van der Waals surface area contributed by atoms with Gasteiger partial charge in [-0.1, -0.05) is 90.4 Å². The molecule has 0 bridgehead atoms. The van der Waals surface area contributed by atoms with Crippen molar-refractivity contribution >= 4 is 11.8 Å². The van der Waals surface area contributed by atoms with Gasteiger partial charge in [0.15, 0.2) is 0 Å². The van der Waals surface area contributed by atoms with Gasteiger partial charge in [0, 0.05) is 24.4 Å². The van der Waals surface area contributed by atoms with E-state index in [0.29, 0.717) is 12.0 Å². The standard InChI is InChI=1S/C23H39N3O2/c1-2-3-4-5-6-7-8-9-10-11-12-13-14-15-16-22(27)25-26-23(28)21-17-19-24-20-18-21/h17-20H,2-16H2,1H3,(H,25,27)(H,26,28). The van der Waals surface area contributed by atoms with E-state index < -0.39 is 0 Å². The maximum atomic E-state index is 11.8. The van der Waals surface area contributed by atoms with Gasteiger partial charge in [0.2, 0.25) is 5.91 Å². The van der Waals surface area contributed by atoms with Gasteiger partial charge in [-0.25, -0.2) is 0 Å². The topological polar surface area (TPSA) is 71.1 Å². The molecule has 2 amide bonds. The fourth-order valence-electron chi connectivity index (χ4n) is 3.24. The highest BCUT2D eigenvalue weighted by atomic mass is 16.2. The number of unbranched alkanes of at least 4 members (excludes halogenated alkanes) is 13. The molecule has 0 atom stereocenters. The lowest BCUT2D eigenvalue weighted by molar-refractivity contribution is -0.122. The molecule has 0 aliphatic heterocycles. The number of pyridine rings is 1. The Morgan fingerprint density at radius 1 is 0.714 bits per heavy atom. The molecular weight excluding hydrogens is 350 g/mol. The highest BCUT2D eigenvalue weighted by molar-refractivity contribution is 5.95. The van der Waals surface area contributed by atoms with Crippen molar-refractivity contribution in [2.45, 2.75) is 103 Å². The van der Waals surface area contributed by atoms with Gasteiger partial charge in [-0.15, -0.1) is 0 Å². The monoisotopic (exact) mass is 389 g/mol. The van der Waals surface area contributed by atoms with Crippen LogP contribution in [0.1, 0.15) is 114 Å². The van der Waals surface area contributed by atoms with Crippen molar-refractivity contribution in [3.8, 4) is 0 Å². The molecule has 5 heteroatoms. The number of hydrazine groups is 1. The van der Waals surface area contributed by atoms with Crippen molar-refractivity contribution < 1.29 is 9.59 Å². The molecular formula is C23H39N3O2. The van der Waals surface area contributed by atoms with Gasteiger partial charge in [0.05, 0.1) is 0 Å². The van der Waals surface area contributed by atoms with Crippen LogP contribution < -0.4 is 10.9 Å². The summed E-state index contributed by atoms with van der Waals surface area (Å²) in [5, 5.41) is 0. The van der Waals surface area contributed by atoms with Crippen LogP contribution in [0.5, 0.6) is 0 Å². The number of rotatable bonds is 16. The van der Waals surface area contributed by atoms with E-state index in [1.165, 1.54) is 77.0 Å². The van der Waals surface area contributed by atoms with E-state index in [1.54, 1.807) is 24.5 Å². The summed E-state index contributed by atoms with van der Waals surface area (Å²) in [5.41, 5.74) is 5.38. The molecule has 0 spiro atoms. The molecule has 1 aromatic rings. The Labute approximate surface area is 171 Å². The van der Waals surface area contributed by atoms with Crippen molar-refractivity contribution in [3.05, 3.63) is 30.1 Å². The molecule has 0 radical (unpaired) electrons. The van der Waals surface area contributed by atoms with Crippen LogP contribution in [-0.4, -0.2) is 16.8 Å². The van der Waals surface area contributed by atoms with Gasteiger partial charge in [-0.3, -0.25) is 25.4 Å². The second-order valence-electron chi connectivity index (χ2n) is 7.58. The van der Waals surface area contributed by atoms with Crippen molar-refractivity contribution in [3.63, 3.8) is 0 Å². The largest absolute Gasteiger partial charge is 0.273 e. The number of aromatic nitrogens is 1. The summed E-state index contributed by atoms with van der Waals surface area (Å²) in [6, 6.07) is 3.21. The highest BCUT2D eigenvalue weighted by Crippen LogP contribution is 2.13. The first-order valence-corrected chi connectivity index (χ1v) is 11.2. The predicted octanol–water partition coefficient (Wildman–Crippen LogP) is 5.71. The molecule has 0 aliphatic rings. The summed E-state index contributed by atoms with van der Waals surface area (Å²) < 4.78 is 0. The molecule has 5 nitrogen and oxygen atoms in total. The van der Waals surface area contributed by atoms with Crippen LogP contribution in [-0.2, 0) is 4.79 Å². The van der Waals surface area contributed by atoms with E-state index in [0.717, 1.165) is 12.8 Å². The van der Waals surface area contributed by atoms with E-state index in [2.05, 4.69) is 22.8 Å². The molecule has 0 aliphatic carbocycles. The van der Waals surface area contributed by atoms with Crippen LogP contribution in [0.15, 0.2) is 24.5 Å². The van der Waals surface area contributed by atoms with Crippen molar-refractivity contribution in [1.29, 1.82) is 0 Å². The molecule has 0 unspecified atom stereocenters. The number of nitrogens with one attached hydrogen (secondary N) is 2. The number of nitrogens with zero attached hydrogens (tertiary/aromatic N) is 1. The summed E-state index contributed by atoms with van der Waals surface area (Å²) in [4.78, 5) is 27.4. The minimum atomic E-state index is -0.322. The SMILES string of the molecule is CCCCCCCCCCCCCCCCC(=O)NNC(=O)c1ccncc1. The van der Waals surface area contributed by atoms with Crippen molar-refractivity contribution in [2.24, 2.45) is 0 Å². The zero-order valence-electron chi connectivity index (χ0n) is 17.7. The smallest absolute Gasteiger partial charge is 0.269 e. The number of carbonyl (C=O) groups excluding carboxylic acids is 2. The van der Waals surface area contributed by atoms with Crippen LogP contribution in [0, 0.1) is 0 Å². The Morgan fingerprint density at radius 2 is 1.18 bits per heavy atom. The third-order valence-electron chi connectivity index (χ3n) is 5.02. The number of carbonyl (C=O) groups is 2. The lowest BCUT2D eigenvalue weighted by Crippen LogP contribution is -2.41. The Hall–Kier alpha value is -1.91. The average molecular weight is 390 g/mol. The Morgan fingerprint density at radius 3 is 1.68 bits per heavy atom. The lowest BCUT2D eigenvalue weighted by atomic mass is 10.0. The molecule has 0 saturated carbocycles. The van der Waals surface area contributed by atoms with E-state index in [1.807, 2.05) is 0 Å². The molecule has 0 fully saturated rings. The summed E-state index contributed by atoms with van der Waals surface area (Å²) in [7, 11) is 0. The van der Waals surface area contributed by atoms with E-state index in [9.17, 15) is 9.59 Å². The fourth-order valence-corrected chi connectivity index (χ4v) is 3.24. The van der Waals surface area contributed by atoms with Crippen LogP contribution in [0.25, 0.3) is 0 Å². The first-order chi connectivity index (χ1) is 13.7. The van der Waals surface area contributed by atoms with E-state index in [-0.39, 0.29) is 11.8 Å². The minimum Gasteiger partial charge on any atom is -0.273 e. The van der Waals surface area contributed by atoms with Gasteiger partial charge in [0.25, 0.3) is 5.91 Å². The van der Waals surface area contributed by atoms with E-state index in [4.69, 9.17) is 0 Å². The van der Waals surface area contributed by atoms with Crippen LogP contribution in [0.4, 0.5) is 0 Å². The van der Waals surface area contributed by atoms with Crippen LogP contribution in [0.3, 0.4) is 0 Å². The first-order valence-electron chi connectivity index (χ1n) is 11.2. The molecule has 1 rings (SSSR count). The van der Waals surface area contributed by atoms with Crippen molar-refractivity contribution in [1.82, 2.24) is 15.8 Å². The third kappa shape index (κ3) is 13.3. The molecule has 28 heavy (non-hydrogen) atoms. The molecule has 0 aromatic carbocycles. The summed E-state index contributed by atoms with van der Waals surface area (Å²) in [6.07, 6.45) is 21.7. The molecule has 2 N–H and O–H groups in total. The van der Waals surface area contributed by atoms with Crippen LogP contribution >= 0.6 is 0 Å². The quantitative estimate of drug-likeness (QED) is 0.281. The predicted molar refractivity (Wildman–Crippen MR) is 115 cm³/mol. The van der Waals surface area contributed by atoms with E-state index >= 15 is 0 Å². The molecule has 1 heterocycles. The normalized spacial score (nSPS) is 10.6. The maximum Gasteiger partial charge on any atom is 0.269 e. The summed E-state index contributed by atoms with van der Waals surface area (Å²) >= 11 is 0. The maximum absolute atomic E-state index is 11.8. The van der Waals surface area contributed by atoms with Crippen molar-refractivity contribution in [2.75, 3.05) is 0 Å². The summed E-state index contributed by atoms with van der Waals surface area (Å²) in [5.74, 6) is -0.460. The van der Waals surface area contributed by atoms with Gasteiger partial charge in [-0.05, 0) is 18.6 Å². The number of amides is 2. The molecule has 158 valence electrons. The Kier molecular flexibility index (Phi) is 14.8. The lowest BCUT2D eigenvalue weighted by Gasteiger charge is -2.07. The second-order valence-corrected chi connectivity index (χ2v) is 7.58. The number of hydrogen-bond donors (Lipinski definition) is 2. The summed E-state index contributed by atoms with van der Waals surface area (Å²) in [6.45, 7) is 2.26. The third-order valence-corrected chi connectivity index (χ3v) is 5.02. The highest BCUT2D eigenvalue weighted by Gasteiger charge is 2.06. The van der Waals surface area contributed by atoms with Gasteiger partial charge in [-0.2, -0.15) is 0 Å².